The largest absolute Gasteiger partial charge is 0.507 e. The zero-order valence-corrected chi connectivity index (χ0v) is 12.0. The summed E-state index contributed by atoms with van der Waals surface area (Å²) in [5, 5.41) is 9.79. The highest BCUT2D eigenvalue weighted by Crippen LogP contribution is 2.23. The molecule has 0 radical (unpaired) electrons. The Hall–Kier alpha value is -1.88. The van der Waals surface area contributed by atoms with E-state index < -0.39 is 0 Å². The van der Waals surface area contributed by atoms with Crippen molar-refractivity contribution < 1.29 is 9.90 Å². The fraction of sp³-hybridized carbons (Fsp3) is 0.143. The second-order valence-electron chi connectivity index (χ2n) is 4.18. The van der Waals surface area contributed by atoms with Gasteiger partial charge in [0.05, 0.1) is 5.56 Å². The van der Waals surface area contributed by atoms with E-state index in [4.69, 9.17) is 0 Å². The number of phenolic OH excluding ortho intramolecular Hbond substituents is 1. The van der Waals surface area contributed by atoms with Crippen LogP contribution in [0.2, 0.25) is 0 Å². The second kappa shape index (κ2) is 5.84. The van der Waals surface area contributed by atoms with Crippen LogP contribution < -0.4 is 0 Å². The summed E-state index contributed by atoms with van der Waals surface area (Å²) < 4.78 is 0.735. The van der Waals surface area contributed by atoms with Crippen molar-refractivity contribution in [1.82, 2.24) is 9.88 Å². The molecule has 1 amide bonds. The lowest BCUT2D eigenvalue weighted by Gasteiger charge is -2.18. The monoisotopic (exact) mass is 320 g/mol. The predicted molar refractivity (Wildman–Crippen MR) is 75.8 cm³/mol. The average molecular weight is 321 g/mol. The van der Waals surface area contributed by atoms with Crippen LogP contribution in [-0.4, -0.2) is 27.9 Å². The van der Waals surface area contributed by atoms with Gasteiger partial charge in [-0.3, -0.25) is 9.78 Å². The second-order valence-corrected chi connectivity index (χ2v) is 5.09. The fourth-order valence-electron chi connectivity index (χ4n) is 1.73. The van der Waals surface area contributed by atoms with E-state index in [0.717, 1.165) is 10.0 Å². The minimum atomic E-state index is -0.221. The number of halogens is 1. The lowest BCUT2D eigenvalue weighted by molar-refractivity contribution is 0.0782. The van der Waals surface area contributed by atoms with Crippen molar-refractivity contribution in [2.45, 2.75) is 6.54 Å². The molecule has 0 unspecified atom stereocenters. The van der Waals surface area contributed by atoms with Gasteiger partial charge in [-0.25, -0.2) is 0 Å². The number of aromatic hydroxyl groups is 1. The van der Waals surface area contributed by atoms with E-state index in [2.05, 4.69) is 20.9 Å². The molecule has 19 heavy (non-hydrogen) atoms. The molecule has 0 bridgehead atoms. The van der Waals surface area contributed by atoms with Gasteiger partial charge in [-0.15, -0.1) is 0 Å². The zero-order chi connectivity index (χ0) is 13.8. The molecule has 0 fully saturated rings. The standard InChI is InChI=1S/C14H13BrN2O2/c1-17(9-10-4-6-16-7-5-10)14(19)12-3-2-11(15)8-13(12)18/h2-8,18H,9H2,1H3. The van der Waals surface area contributed by atoms with Crippen LogP contribution in [0.1, 0.15) is 15.9 Å². The van der Waals surface area contributed by atoms with E-state index in [0.29, 0.717) is 12.1 Å². The van der Waals surface area contributed by atoms with E-state index in [1.165, 1.54) is 6.07 Å². The Balaban J connectivity index is 2.15. The van der Waals surface area contributed by atoms with Crippen LogP contribution in [0.15, 0.2) is 47.2 Å². The molecule has 0 saturated heterocycles. The molecule has 0 spiro atoms. The Morgan fingerprint density at radius 3 is 2.63 bits per heavy atom. The molecular formula is C14H13BrN2O2. The highest BCUT2D eigenvalue weighted by molar-refractivity contribution is 9.10. The third-order valence-electron chi connectivity index (χ3n) is 2.71. The molecule has 0 aliphatic rings. The summed E-state index contributed by atoms with van der Waals surface area (Å²) in [5.74, 6) is -0.247. The molecule has 0 aliphatic heterocycles. The van der Waals surface area contributed by atoms with Crippen molar-refractivity contribution >= 4 is 21.8 Å². The Bertz CT molecular complexity index is 587. The molecule has 0 atom stereocenters. The van der Waals surface area contributed by atoms with Gasteiger partial charge >= 0.3 is 0 Å². The van der Waals surface area contributed by atoms with Crippen LogP contribution in [-0.2, 0) is 6.54 Å². The normalized spacial score (nSPS) is 10.2. The van der Waals surface area contributed by atoms with Gasteiger partial charge in [0.1, 0.15) is 5.75 Å². The van der Waals surface area contributed by atoms with Crippen molar-refractivity contribution in [3.05, 3.63) is 58.3 Å². The van der Waals surface area contributed by atoms with E-state index in [-0.39, 0.29) is 11.7 Å². The number of benzene rings is 1. The Kier molecular flexibility index (Phi) is 4.16. The number of nitrogens with zero attached hydrogens (tertiary/aromatic N) is 2. The van der Waals surface area contributed by atoms with Gasteiger partial charge in [0, 0.05) is 30.5 Å². The van der Waals surface area contributed by atoms with Crippen molar-refractivity contribution in [3.8, 4) is 5.75 Å². The lowest BCUT2D eigenvalue weighted by atomic mass is 10.1. The maximum atomic E-state index is 12.2. The molecule has 1 N–H and O–H groups in total. The highest BCUT2D eigenvalue weighted by atomic mass is 79.9. The molecule has 98 valence electrons. The van der Waals surface area contributed by atoms with Gasteiger partial charge in [-0.05, 0) is 35.9 Å². The molecule has 1 aromatic carbocycles. The third-order valence-corrected chi connectivity index (χ3v) is 3.20. The third kappa shape index (κ3) is 3.32. The summed E-state index contributed by atoms with van der Waals surface area (Å²) in [6, 6.07) is 8.54. The number of hydrogen-bond acceptors (Lipinski definition) is 3. The van der Waals surface area contributed by atoms with Gasteiger partial charge in [-0.1, -0.05) is 15.9 Å². The summed E-state index contributed by atoms with van der Waals surface area (Å²) in [5.41, 5.74) is 1.28. The first-order valence-electron chi connectivity index (χ1n) is 5.71. The molecule has 2 rings (SSSR count). The summed E-state index contributed by atoms with van der Waals surface area (Å²) >= 11 is 3.24. The Labute approximate surface area is 119 Å². The quantitative estimate of drug-likeness (QED) is 0.946. The van der Waals surface area contributed by atoms with Gasteiger partial charge in [0.2, 0.25) is 0 Å². The van der Waals surface area contributed by atoms with E-state index in [9.17, 15) is 9.90 Å². The minimum Gasteiger partial charge on any atom is -0.507 e. The molecule has 1 heterocycles. The summed E-state index contributed by atoms with van der Waals surface area (Å²) in [6.07, 6.45) is 3.37. The number of carbonyl (C=O) groups is 1. The summed E-state index contributed by atoms with van der Waals surface area (Å²) in [6.45, 7) is 0.469. The van der Waals surface area contributed by atoms with Crippen LogP contribution >= 0.6 is 15.9 Å². The van der Waals surface area contributed by atoms with Gasteiger partial charge < -0.3 is 10.0 Å². The van der Waals surface area contributed by atoms with Gasteiger partial charge in [0.15, 0.2) is 0 Å². The SMILES string of the molecule is CN(Cc1ccncc1)C(=O)c1ccc(Br)cc1O. The maximum Gasteiger partial charge on any atom is 0.257 e. The smallest absolute Gasteiger partial charge is 0.257 e. The van der Waals surface area contributed by atoms with Crippen LogP contribution in [0, 0.1) is 0 Å². The van der Waals surface area contributed by atoms with Gasteiger partial charge in [0.25, 0.3) is 5.91 Å². The van der Waals surface area contributed by atoms with Crippen LogP contribution in [0.25, 0.3) is 0 Å². The molecule has 5 heteroatoms. The van der Waals surface area contributed by atoms with Crippen molar-refractivity contribution in [1.29, 1.82) is 0 Å². The van der Waals surface area contributed by atoms with Crippen LogP contribution in [0.4, 0.5) is 0 Å². The fourth-order valence-corrected chi connectivity index (χ4v) is 2.07. The van der Waals surface area contributed by atoms with Crippen molar-refractivity contribution in [2.75, 3.05) is 7.05 Å². The van der Waals surface area contributed by atoms with Crippen LogP contribution in [0.5, 0.6) is 5.75 Å². The van der Waals surface area contributed by atoms with E-state index in [1.807, 2.05) is 12.1 Å². The molecule has 1 aromatic heterocycles. The molecular weight excluding hydrogens is 308 g/mol. The lowest BCUT2D eigenvalue weighted by Crippen LogP contribution is -2.26. The number of phenols is 1. The first kappa shape index (κ1) is 13.5. The number of rotatable bonds is 3. The van der Waals surface area contributed by atoms with E-state index >= 15 is 0 Å². The first-order valence-corrected chi connectivity index (χ1v) is 6.50. The maximum absolute atomic E-state index is 12.2. The average Bonchev–Trinajstić information content (AvgIpc) is 2.39. The molecule has 2 aromatic rings. The predicted octanol–water partition coefficient (Wildman–Crippen LogP) is 2.82. The zero-order valence-electron chi connectivity index (χ0n) is 10.4. The first-order chi connectivity index (χ1) is 9.08. The molecule has 0 saturated carbocycles. The number of aromatic nitrogens is 1. The Morgan fingerprint density at radius 1 is 1.32 bits per heavy atom. The number of pyridine rings is 1. The number of hydrogen-bond donors (Lipinski definition) is 1. The Morgan fingerprint density at radius 2 is 2.00 bits per heavy atom. The number of amides is 1. The van der Waals surface area contributed by atoms with Crippen molar-refractivity contribution in [3.63, 3.8) is 0 Å². The van der Waals surface area contributed by atoms with Gasteiger partial charge in [-0.2, -0.15) is 0 Å². The minimum absolute atomic E-state index is 0.0269. The van der Waals surface area contributed by atoms with E-state index in [1.54, 1.807) is 36.5 Å². The topological polar surface area (TPSA) is 53.4 Å². The van der Waals surface area contributed by atoms with Crippen molar-refractivity contribution in [2.24, 2.45) is 0 Å². The highest BCUT2D eigenvalue weighted by Gasteiger charge is 2.16. The molecule has 4 nitrogen and oxygen atoms in total. The summed E-state index contributed by atoms with van der Waals surface area (Å²) in [7, 11) is 1.70. The number of carbonyl (C=O) groups excluding carboxylic acids is 1. The molecule has 0 aliphatic carbocycles. The summed E-state index contributed by atoms with van der Waals surface area (Å²) in [4.78, 5) is 17.7. The van der Waals surface area contributed by atoms with Crippen LogP contribution in [0.3, 0.4) is 0 Å².